The number of halogens is 3. The average molecular weight is 490 g/mol. The SMILES string of the molecule is CC(=O)Oc1ccc2c(c1)nc(Nc1ccc(OC(F)(F)F)cc1)n2[C@@H]1C[C@H](C)CC[C@H]1C(C)C. The van der Waals surface area contributed by atoms with Gasteiger partial charge in [0, 0.05) is 24.7 Å². The van der Waals surface area contributed by atoms with Gasteiger partial charge in [0.25, 0.3) is 0 Å². The van der Waals surface area contributed by atoms with Crippen LogP contribution in [0.3, 0.4) is 0 Å². The molecule has 1 fully saturated rings. The summed E-state index contributed by atoms with van der Waals surface area (Å²) >= 11 is 0. The summed E-state index contributed by atoms with van der Waals surface area (Å²) in [6, 6.07) is 11.2. The number of imidazole rings is 1. The van der Waals surface area contributed by atoms with Gasteiger partial charge in [-0.1, -0.05) is 27.2 Å². The summed E-state index contributed by atoms with van der Waals surface area (Å²) in [7, 11) is 0. The van der Waals surface area contributed by atoms with Crippen LogP contribution in [0.1, 0.15) is 53.0 Å². The van der Waals surface area contributed by atoms with E-state index in [4.69, 9.17) is 9.72 Å². The molecule has 3 aromatic rings. The summed E-state index contributed by atoms with van der Waals surface area (Å²) in [5.41, 5.74) is 2.16. The fraction of sp³-hybridized carbons (Fsp3) is 0.462. The second-order valence-corrected chi connectivity index (χ2v) is 9.64. The molecule has 1 heterocycles. The first-order valence-electron chi connectivity index (χ1n) is 11.8. The number of hydrogen-bond acceptors (Lipinski definition) is 5. The third-order valence-electron chi connectivity index (χ3n) is 6.59. The monoisotopic (exact) mass is 489 g/mol. The van der Waals surface area contributed by atoms with Crippen LogP contribution in [-0.2, 0) is 4.79 Å². The van der Waals surface area contributed by atoms with Crippen molar-refractivity contribution in [3.05, 3.63) is 42.5 Å². The van der Waals surface area contributed by atoms with Crippen molar-refractivity contribution in [2.45, 2.75) is 59.4 Å². The maximum atomic E-state index is 12.5. The van der Waals surface area contributed by atoms with Crippen molar-refractivity contribution in [2.24, 2.45) is 17.8 Å². The first kappa shape index (κ1) is 24.9. The van der Waals surface area contributed by atoms with Crippen LogP contribution in [0.5, 0.6) is 11.5 Å². The van der Waals surface area contributed by atoms with E-state index in [2.05, 4.69) is 35.4 Å². The van der Waals surface area contributed by atoms with Crippen LogP contribution in [0.15, 0.2) is 42.5 Å². The topological polar surface area (TPSA) is 65.4 Å². The molecule has 0 aliphatic heterocycles. The minimum atomic E-state index is -4.74. The zero-order valence-corrected chi connectivity index (χ0v) is 20.2. The number of nitrogens with one attached hydrogen (secondary N) is 1. The maximum Gasteiger partial charge on any atom is 0.573 e. The quantitative estimate of drug-likeness (QED) is 0.292. The van der Waals surface area contributed by atoms with Crippen LogP contribution in [-0.4, -0.2) is 21.9 Å². The van der Waals surface area contributed by atoms with Gasteiger partial charge >= 0.3 is 12.3 Å². The number of alkyl halides is 3. The molecule has 0 radical (unpaired) electrons. The molecule has 6 nitrogen and oxygen atoms in total. The first-order valence-corrected chi connectivity index (χ1v) is 11.8. The summed E-state index contributed by atoms with van der Waals surface area (Å²) in [4.78, 5) is 16.2. The van der Waals surface area contributed by atoms with Crippen LogP contribution in [0.4, 0.5) is 24.8 Å². The van der Waals surface area contributed by atoms with Gasteiger partial charge in [-0.2, -0.15) is 0 Å². The highest BCUT2D eigenvalue weighted by Crippen LogP contribution is 2.44. The van der Waals surface area contributed by atoms with Gasteiger partial charge in [0.05, 0.1) is 11.0 Å². The summed E-state index contributed by atoms with van der Waals surface area (Å²) in [6.45, 7) is 8.07. The first-order chi connectivity index (χ1) is 16.5. The summed E-state index contributed by atoms with van der Waals surface area (Å²) in [5, 5.41) is 3.29. The van der Waals surface area contributed by atoms with Gasteiger partial charge in [-0.3, -0.25) is 4.79 Å². The number of fused-ring (bicyclic) bond motifs is 1. The Morgan fingerprint density at radius 3 is 2.43 bits per heavy atom. The number of esters is 1. The number of aromatic nitrogens is 2. The number of nitrogens with zero attached hydrogens (tertiary/aromatic N) is 2. The molecule has 1 aliphatic carbocycles. The Bertz CT molecular complexity index is 1190. The van der Waals surface area contributed by atoms with E-state index in [9.17, 15) is 18.0 Å². The van der Waals surface area contributed by atoms with Crippen molar-refractivity contribution in [3.63, 3.8) is 0 Å². The second kappa shape index (κ2) is 9.79. The van der Waals surface area contributed by atoms with Crippen molar-refractivity contribution in [2.75, 3.05) is 5.32 Å². The van der Waals surface area contributed by atoms with E-state index in [0.29, 0.717) is 40.7 Å². The predicted molar refractivity (Wildman–Crippen MR) is 128 cm³/mol. The van der Waals surface area contributed by atoms with Crippen LogP contribution in [0.25, 0.3) is 11.0 Å². The van der Waals surface area contributed by atoms with E-state index in [1.165, 1.54) is 37.6 Å². The van der Waals surface area contributed by atoms with E-state index < -0.39 is 12.3 Å². The minimum absolute atomic E-state index is 0.193. The highest BCUT2D eigenvalue weighted by molar-refractivity contribution is 5.82. The molecule has 0 spiro atoms. The maximum absolute atomic E-state index is 12.5. The lowest BCUT2D eigenvalue weighted by atomic mass is 9.74. The summed E-state index contributed by atoms with van der Waals surface area (Å²) in [5.74, 6) is 1.77. The lowest BCUT2D eigenvalue weighted by Gasteiger charge is -2.39. The minimum Gasteiger partial charge on any atom is -0.427 e. The highest BCUT2D eigenvalue weighted by Gasteiger charge is 2.34. The Balaban J connectivity index is 1.75. The Labute approximate surface area is 202 Å². The Morgan fingerprint density at radius 1 is 1.11 bits per heavy atom. The zero-order chi connectivity index (χ0) is 25.3. The molecular weight excluding hydrogens is 459 g/mol. The fourth-order valence-electron chi connectivity index (χ4n) is 5.05. The summed E-state index contributed by atoms with van der Waals surface area (Å²) in [6.07, 6.45) is -1.47. The number of ether oxygens (including phenoxy) is 2. The molecule has 4 rings (SSSR count). The Morgan fingerprint density at radius 2 is 1.80 bits per heavy atom. The van der Waals surface area contributed by atoms with Crippen molar-refractivity contribution in [1.82, 2.24) is 9.55 Å². The third-order valence-corrected chi connectivity index (χ3v) is 6.59. The van der Waals surface area contributed by atoms with Crippen molar-refractivity contribution >= 4 is 28.6 Å². The number of anilines is 2. The highest BCUT2D eigenvalue weighted by atomic mass is 19.4. The third kappa shape index (κ3) is 5.89. The molecule has 1 aliphatic rings. The van der Waals surface area contributed by atoms with Crippen molar-refractivity contribution in [3.8, 4) is 11.5 Å². The van der Waals surface area contributed by atoms with Crippen LogP contribution < -0.4 is 14.8 Å². The molecule has 1 aromatic heterocycles. The molecule has 188 valence electrons. The number of carbonyl (C=O) groups excluding carboxylic acids is 1. The zero-order valence-electron chi connectivity index (χ0n) is 20.2. The van der Waals surface area contributed by atoms with Gasteiger partial charge in [0.2, 0.25) is 5.95 Å². The van der Waals surface area contributed by atoms with E-state index in [1.807, 2.05) is 6.07 Å². The van der Waals surface area contributed by atoms with E-state index in [-0.39, 0.29) is 11.8 Å². The van der Waals surface area contributed by atoms with Gasteiger partial charge in [0.1, 0.15) is 11.5 Å². The molecule has 1 saturated carbocycles. The van der Waals surface area contributed by atoms with Gasteiger partial charge < -0.3 is 19.4 Å². The van der Waals surface area contributed by atoms with Crippen molar-refractivity contribution < 1.29 is 27.4 Å². The van der Waals surface area contributed by atoms with Gasteiger partial charge in [0.15, 0.2) is 0 Å². The smallest absolute Gasteiger partial charge is 0.427 e. The average Bonchev–Trinajstić information content (AvgIpc) is 3.10. The van der Waals surface area contributed by atoms with Crippen molar-refractivity contribution in [1.29, 1.82) is 0 Å². The number of hydrogen-bond donors (Lipinski definition) is 1. The molecule has 2 aromatic carbocycles. The normalized spacial score (nSPS) is 20.7. The molecule has 3 atom stereocenters. The lowest BCUT2D eigenvalue weighted by Crippen LogP contribution is -2.30. The number of carbonyl (C=O) groups is 1. The van der Waals surface area contributed by atoms with Crippen LogP contribution in [0, 0.1) is 17.8 Å². The van der Waals surface area contributed by atoms with E-state index in [1.54, 1.807) is 12.1 Å². The number of rotatable bonds is 6. The largest absolute Gasteiger partial charge is 0.573 e. The molecule has 0 saturated heterocycles. The van der Waals surface area contributed by atoms with Gasteiger partial charge in [-0.05, 0) is 67.0 Å². The van der Waals surface area contributed by atoms with Gasteiger partial charge in [-0.15, -0.1) is 13.2 Å². The van der Waals surface area contributed by atoms with Gasteiger partial charge in [-0.25, -0.2) is 4.98 Å². The molecular formula is C26H30F3N3O3. The molecule has 0 bridgehead atoms. The lowest BCUT2D eigenvalue weighted by molar-refractivity contribution is -0.274. The second-order valence-electron chi connectivity index (χ2n) is 9.64. The molecule has 9 heteroatoms. The molecule has 0 unspecified atom stereocenters. The predicted octanol–water partition coefficient (Wildman–Crippen LogP) is 7.24. The molecule has 1 N–H and O–H groups in total. The summed E-state index contributed by atoms with van der Waals surface area (Å²) < 4.78 is 49.0. The standard InChI is InChI=1S/C26H30F3N3O3/c1-15(2)21-11-5-16(3)13-24(21)32-23-12-10-20(34-17(4)33)14-22(23)31-25(32)30-18-6-8-19(9-7-18)35-26(27,28)29/h6-10,12,14-16,21,24H,5,11,13H2,1-4H3,(H,30,31)/t16-,21+,24-/m1/s1. The van der Waals surface area contributed by atoms with E-state index >= 15 is 0 Å². The fourth-order valence-corrected chi connectivity index (χ4v) is 5.05. The Kier molecular flexibility index (Phi) is 6.96. The number of benzene rings is 2. The molecule has 0 amide bonds. The Hall–Kier alpha value is -3.23. The van der Waals surface area contributed by atoms with Crippen LogP contribution in [0.2, 0.25) is 0 Å². The van der Waals surface area contributed by atoms with Crippen LogP contribution >= 0.6 is 0 Å². The van der Waals surface area contributed by atoms with E-state index in [0.717, 1.165) is 18.4 Å². The molecule has 35 heavy (non-hydrogen) atoms.